The maximum atomic E-state index is 13.4. The Bertz CT molecular complexity index is 1020. The molecule has 1 aliphatic heterocycles. The Balaban J connectivity index is 0.00000107. The van der Waals surface area contributed by atoms with Gasteiger partial charge in [0.05, 0.1) is 23.4 Å². The van der Waals surface area contributed by atoms with Gasteiger partial charge in [-0.2, -0.15) is 0 Å². The molecule has 1 saturated heterocycles. The molecule has 1 heterocycles. The molecular weight excluding hydrogens is 550 g/mol. The molecule has 0 aromatic heterocycles. The lowest BCUT2D eigenvalue weighted by molar-refractivity contribution is -0.135. The predicted molar refractivity (Wildman–Crippen MR) is 149 cm³/mol. The molecule has 2 saturated carbocycles. The smallest absolute Gasteiger partial charge is 0.290 e. The number of allylic oxidation sites excluding steroid dienone is 2. The number of halogens is 1. The monoisotopic (exact) mass is 589 g/mol. The number of carbonyl (C=O) groups is 3. The SMILES string of the molecule is COc1ccc(CCNC(=O)[C@H]2[C@H](C(=O)NCCCCN3CCCC3)[C@H]3C=C[C@@H]2C32CC2)cc1Br.O=CO. The van der Waals surface area contributed by atoms with Gasteiger partial charge in [0.1, 0.15) is 5.75 Å². The van der Waals surface area contributed by atoms with E-state index in [9.17, 15) is 9.59 Å². The average molecular weight is 591 g/mol. The molecule has 0 radical (unpaired) electrons. The van der Waals surface area contributed by atoms with Crippen LogP contribution in [0.5, 0.6) is 5.75 Å². The Labute approximate surface area is 233 Å². The fraction of sp³-hybridized carbons (Fsp3) is 0.621. The summed E-state index contributed by atoms with van der Waals surface area (Å²) in [7, 11) is 1.65. The Morgan fingerprint density at radius 3 is 2.24 bits per heavy atom. The molecule has 4 aliphatic rings. The molecule has 0 unspecified atom stereocenters. The van der Waals surface area contributed by atoms with E-state index < -0.39 is 0 Å². The quantitative estimate of drug-likeness (QED) is 0.207. The van der Waals surface area contributed by atoms with Gasteiger partial charge in [0, 0.05) is 13.1 Å². The van der Waals surface area contributed by atoms with Crippen LogP contribution in [-0.4, -0.2) is 68.1 Å². The third-order valence-electron chi connectivity index (χ3n) is 8.78. The van der Waals surface area contributed by atoms with E-state index in [1.54, 1.807) is 7.11 Å². The minimum absolute atomic E-state index is 0.0369. The number of benzene rings is 1. The summed E-state index contributed by atoms with van der Waals surface area (Å²) in [6.07, 6.45) is 12.2. The van der Waals surface area contributed by atoms with Crippen molar-refractivity contribution < 1.29 is 24.2 Å². The zero-order valence-electron chi connectivity index (χ0n) is 22.2. The molecule has 38 heavy (non-hydrogen) atoms. The molecule has 5 rings (SSSR count). The van der Waals surface area contributed by atoms with Crippen molar-refractivity contribution in [2.45, 2.75) is 44.9 Å². The maximum absolute atomic E-state index is 13.4. The maximum Gasteiger partial charge on any atom is 0.290 e. The van der Waals surface area contributed by atoms with Crippen molar-refractivity contribution in [1.82, 2.24) is 15.5 Å². The minimum Gasteiger partial charge on any atom is -0.496 e. The molecule has 3 aliphatic carbocycles. The summed E-state index contributed by atoms with van der Waals surface area (Å²) in [5.74, 6) is 0.842. The molecule has 1 aromatic carbocycles. The van der Waals surface area contributed by atoms with Crippen LogP contribution in [0.3, 0.4) is 0 Å². The Kier molecular flexibility index (Phi) is 9.87. The van der Waals surface area contributed by atoms with Crippen LogP contribution < -0.4 is 15.4 Å². The summed E-state index contributed by atoms with van der Waals surface area (Å²) in [5, 5.41) is 13.2. The molecule has 208 valence electrons. The van der Waals surface area contributed by atoms with Crippen LogP contribution in [0.1, 0.15) is 44.1 Å². The topological polar surface area (TPSA) is 108 Å². The third-order valence-corrected chi connectivity index (χ3v) is 9.39. The number of hydrogen-bond donors (Lipinski definition) is 3. The minimum atomic E-state index is -0.250. The van der Waals surface area contributed by atoms with Crippen LogP contribution in [0.4, 0.5) is 0 Å². The Morgan fingerprint density at radius 1 is 1.08 bits per heavy atom. The summed E-state index contributed by atoms with van der Waals surface area (Å²) < 4.78 is 6.21. The van der Waals surface area contributed by atoms with Crippen LogP contribution in [0.25, 0.3) is 0 Å². The van der Waals surface area contributed by atoms with Gasteiger partial charge in [-0.1, -0.05) is 18.2 Å². The molecule has 8 nitrogen and oxygen atoms in total. The summed E-state index contributed by atoms with van der Waals surface area (Å²) in [5.41, 5.74) is 1.30. The Morgan fingerprint density at radius 2 is 1.68 bits per heavy atom. The van der Waals surface area contributed by atoms with Crippen LogP contribution in [0.15, 0.2) is 34.8 Å². The van der Waals surface area contributed by atoms with Crippen molar-refractivity contribution in [3.63, 3.8) is 0 Å². The van der Waals surface area contributed by atoms with Crippen LogP contribution in [0, 0.1) is 29.1 Å². The molecule has 1 aromatic rings. The number of carbonyl (C=O) groups excluding carboxylic acids is 2. The van der Waals surface area contributed by atoms with E-state index in [2.05, 4.69) is 43.6 Å². The predicted octanol–water partition coefficient (Wildman–Crippen LogP) is 3.64. The first-order valence-electron chi connectivity index (χ1n) is 13.8. The van der Waals surface area contributed by atoms with Crippen molar-refractivity contribution in [2.24, 2.45) is 29.1 Å². The number of nitrogens with one attached hydrogen (secondary N) is 2. The number of hydrogen-bond acceptors (Lipinski definition) is 5. The number of carboxylic acid groups (broad SMARTS) is 1. The first-order valence-corrected chi connectivity index (χ1v) is 14.6. The summed E-state index contributed by atoms with van der Waals surface area (Å²) in [6, 6.07) is 5.99. The van der Waals surface area contributed by atoms with Crippen LogP contribution in [0.2, 0.25) is 0 Å². The van der Waals surface area contributed by atoms with Gasteiger partial charge < -0.3 is 25.4 Å². The first kappa shape index (κ1) is 28.6. The van der Waals surface area contributed by atoms with Gasteiger partial charge in [-0.15, -0.1) is 0 Å². The van der Waals surface area contributed by atoms with Gasteiger partial charge >= 0.3 is 0 Å². The summed E-state index contributed by atoms with van der Waals surface area (Å²) >= 11 is 3.53. The van der Waals surface area contributed by atoms with Crippen LogP contribution in [-0.2, 0) is 20.8 Å². The number of ether oxygens (including phenoxy) is 1. The fourth-order valence-corrected chi connectivity index (χ4v) is 7.41. The van der Waals surface area contributed by atoms with Crippen LogP contribution >= 0.6 is 15.9 Å². The van der Waals surface area contributed by atoms with Gasteiger partial charge in [-0.05, 0) is 115 Å². The van der Waals surface area contributed by atoms with E-state index in [0.29, 0.717) is 13.1 Å². The molecule has 1 spiro atoms. The molecule has 4 atom stereocenters. The second-order valence-electron chi connectivity index (χ2n) is 10.9. The number of rotatable bonds is 11. The second kappa shape index (κ2) is 13.1. The van der Waals surface area contributed by atoms with E-state index in [1.165, 1.54) is 25.9 Å². The highest BCUT2D eigenvalue weighted by atomic mass is 79.9. The normalized spacial score (nSPS) is 26.1. The summed E-state index contributed by atoms with van der Waals surface area (Å²) in [4.78, 5) is 37.6. The molecule has 9 heteroatoms. The molecule has 3 N–H and O–H groups in total. The van der Waals surface area contributed by atoms with Crippen molar-refractivity contribution in [2.75, 3.05) is 39.8 Å². The number of amides is 2. The summed E-state index contributed by atoms with van der Waals surface area (Å²) in [6.45, 7) is 4.59. The number of likely N-dealkylation sites (tertiary alicyclic amines) is 1. The van der Waals surface area contributed by atoms with Crippen molar-refractivity contribution >= 4 is 34.2 Å². The van der Waals surface area contributed by atoms with E-state index in [4.69, 9.17) is 14.6 Å². The highest BCUT2D eigenvalue weighted by molar-refractivity contribution is 9.10. The number of unbranched alkanes of at least 4 members (excludes halogenated alkanes) is 1. The zero-order chi connectivity index (χ0) is 27.1. The van der Waals surface area contributed by atoms with E-state index >= 15 is 0 Å². The zero-order valence-corrected chi connectivity index (χ0v) is 23.8. The lowest BCUT2D eigenvalue weighted by Crippen LogP contribution is -2.44. The van der Waals surface area contributed by atoms with Crippen molar-refractivity contribution in [1.29, 1.82) is 0 Å². The van der Waals surface area contributed by atoms with Gasteiger partial charge in [0.2, 0.25) is 11.8 Å². The lowest BCUT2D eigenvalue weighted by atomic mass is 9.81. The van der Waals surface area contributed by atoms with Gasteiger partial charge in [0.15, 0.2) is 0 Å². The van der Waals surface area contributed by atoms with Crippen molar-refractivity contribution in [3.8, 4) is 5.75 Å². The average Bonchev–Trinajstić information content (AvgIpc) is 3.26. The lowest BCUT2D eigenvalue weighted by Gasteiger charge is -2.26. The fourth-order valence-electron chi connectivity index (χ4n) is 6.82. The number of nitrogens with zero attached hydrogens (tertiary/aromatic N) is 1. The highest BCUT2D eigenvalue weighted by Gasteiger charge is 2.69. The second-order valence-corrected chi connectivity index (χ2v) is 11.7. The van der Waals surface area contributed by atoms with E-state index in [-0.39, 0.29) is 47.4 Å². The molecule has 3 fully saturated rings. The molecule has 2 amide bonds. The van der Waals surface area contributed by atoms with Crippen molar-refractivity contribution in [3.05, 3.63) is 40.4 Å². The first-order chi connectivity index (χ1) is 18.4. The molecule has 2 bridgehead atoms. The molecular formula is C29H40BrN3O5. The third kappa shape index (κ3) is 6.25. The van der Waals surface area contributed by atoms with Gasteiger partial charge in [-0.3, -0.25) is 14.4 Å². The highest BCUT2D eigenvalue weighted by Crippen LogP contribution is 2.72. The standard InChI is InChI=1S/C28H38BrN3O3.CH2O2/c1-35-23-9-6-19(18-22(23)29)10-14-31-27(34)25-21-8-7-20(28(21)11-12-28)24(25)26(33)30-13-2-3-15-32-16-4-5-17-32;2-1-3/h6-9,18,20-21,24-25H,2-5,10-17H2,1H3,(H,30,33)(H,31,34);1H,(H,2,3)/t20-,21+,24-,25-;/m1./s1. The van der Waals surface area contributed by atoms with Gasteiger partial charge in [0.25, 0.3) is 6.47 Å². The van der Waals surface area contributed by atoms with E-state index in [0.717, 1.165) is 54.4 Å². The van der Waals surface area contributed by atoms with Gasteiger partial charge in [-0.25, -0.2) is 0 Å². The van der Waals surface area contributed by atoms with E-state index in [1.807, 2.05) is 18.2 Å². The number of methoxy groups -OCH3 is 1. The Hall–Kier alpha value is -2.39. The largest absolute Gasteiger partial charge is 0.496 e.